The first kappa shape index (κ1) is 15.3. The van der Waals surface area contributed by atoms with Crippen LogP contribution in [0.3, 0.4) is 0 Å². The largest absolute Gasteiger partial charge is 0.408 e. The van der Waals surface area contributed by atoms with Gasteiger partial charge in [0.2, 0.25) is 5.91 Å². The molecular formula is C16H17F4NO. The molecule has 1 atom stereocenters. The summed E-state index contributed by atoms with van der Waals surface area (Å²) in [7, 11) is 0. The molecule has 3 rings (SSSR count). The molecule has 1 saturated carbocycles. The molecule has 1 heterocycles. The Kier molecular flexibility index (Phi) is 3.65. The fourth-order valence-corrected chi connectivity index (χ4v) is 3.31. The summed E-state index contributed by atoms with van der Waals surface area (Å²) >= 11 is 0. The van der Waals surface area contributed by atoms with E-state index in [1.807, 2.05) is 0 Å². The van der Waals surface area contributed by atoms with Gasteiger partial charge >= 0.3 is 6.18 Å². The third-order valence-corrected chi connectivity index (χ3v) is 4.70. The number of hydrogen-bond acceptors (Lipinski definition) is 1. The number of rotatable bonds is 2. The van der Waals surface area contributed by atoms with Crippen molar-refractivity contribution in [3.05, 3.63) is 35.6 Å². The van der Waals surface area contributed by atoms with Crippen LogP contribution in [0.4, 0.5) is 17.6 Å². The number of carbonyl (C=O) groups excluding carboxylic acids is 1. The summed E-state index contributed by atoms with van der Waals surface area (Å²) in [5, 5.41) is 0. The summed E-state index contributed by atoms with van der Waals surface area (Å²) in [4.78, 5) is 13.8. The van der Waals surface area contributed by atoms with E-state index >= 15 is 0 Å². The van der Waals surface area contributed by atoms with Crippen molar-refractivity contribution in [2.75, 3.05) is 6.54 Å². The van der Waals surface area contributed by atoms with Crippen LogP contribution in [0.25, 0.3) is 0 Å². The molecule has 0 radical (unpaired) electrons. The topological polar surface area (TPSA) is 20.3 Å². The van der Waals surface area contributed by atoms with Crippen molar-refractivity contribution in [2.45, 2.75) is 49.7 Å². The minimum Gasteiger partial charge on any atom is -0.330 e. The molecule has 1 aromatic carbocycles. The Morgan fingerprint density at radius 2 is 1.77 bits per heavy atom. The standard InChI is InChI=1S/C16H17F4NO/c17-12-6-4-11(5-7-12)15(8-9-15)14(22)21-10-2-1-3-13(21)16(18,19)20/h4-7,13H,1-3,8-10H2. The average molecular weight is 315 g/mol. The predicted octanol–water partition coefficient (Wildman–Crippen LogP) is 3.80. The molecule has 1 unspecified atom stereocenters. The summed E-state index contributed by atoms with van der Waals surface area (Å²) in [6.07, 6.45) is -2.30. The lowest BCUT2D eigenvalue weighted by molar-refractivity contribution is -0.197. The zero-order valence-corrected chi connectivity index (χ0v) is 12.0. The SMILES string of the molecule is O=C(N1CCCCC1C(F)(F)F)C1(c2ccc(F)cc2)CC1. The van der Waals surface area contributed by atoms with Crippen molar-refractivity contribution in [2.24, 2.45) is 0 Å². The maximum absolute atomic E-state index is 13.2. The van der Waals surface area contributed by atoms with E-state index in [1.54, 1.807) is 0 Å². The van der Waals surface area contributed by atoms with Gasteiger partial charge in [-0.2, -0.15) is 13.2 Å². The zero-order chi connectivity index (χ0) is 16.0. The first-order valence-electron chi connectivity index (χ1n) is 7.48. The van der Waals surface area contributed by atoms with Crippen LogP contribution in [0, 0.1) is 5.82 Å². The Morgan fingerprint density at radius 1 is 1.14 bits per heavy atom. The smallest absolute Gasteiger partial charge is 0.330 e. The molecule has 2 aliphatic rings. The number of likely N-dealkylation sites (tertiary alicyclic amines) is 1. The summed E-state index contributed by atoms with van der Waals surface area (Å²) in [5.41, 5.74) is -0.264. The van der Waals surface area contributed by atoms with Crippen molar-refractivity contribution in [1.82, 2.24) is 4.90 Å². The molecule has 1 aliphatic heterocycles. The van der Waals surface area contributed by atoms with E-state index in [2.05, 4.69) is 0 Å². The van der Waals surface area contributed by atoms with Gasteiger partial charge in [-0.15, -0.1) is 0 Å². The summed E-state index contributed by atoms with van der Waals surface area (Å²) in [5.74, 6) is -0.876. The third-order valence-electron chi connectivity index (χ3n) is 4.70. The number of hydrogen-bond donors (Lipinski definition) is 0. The molecule has 2 nitrogen and oxygen atoms in total. The first-order valence-corrected chi connectivity index (χ1v) is 7.48. The minimum absolute atomic E-state index is 0.0330. The number of nitrogens with zero attached hydrogens (tertiary/aromatic N) is 1. The molecule has 22 heavy (non-hydrogen) atoms. The number of halogens is 4. The van der Waals surface area contributed by atoms with Gasteiger partial charge in [-0.3, -0.25) is 4.79 Å². The lowest BCUT2D eigenvalue weighted by atomic mass is 9.91. The fourth-order valence-electron chi connectivity index (χ4n) is 3.31. The summed E-state index contributed by atoms with van der Waals surface area (Å²) < 4.78 is 52.5. The molecular weight excluding hydrogens is 298 g/mol. The monoisotopic (exact) mass is 315 g/mol. The Labute approximate surface area is 126 Å². The lowest BCUT2D eigenvalue weighted by Gasteiger charge is -2.39. The molecule has 6 heteroatoms. The van der Waals surface area contributed by atoms with Gasteiger partial charge in [-0.25, -0.2) is 4.39 Å². The van der Waals surface area contributed by atoms with Crippen LogP contribution in [-0.4, -0.2) is 29.6 Å². The molecule has 120 valence electrons. The van der Waals surface area contributed by atoms with Crippen molar-refractivity contribution in [1.29, 1.82) is 0 Å². The third kappa shape index (κ3) is 2.59. The van der Waals surface area contributed by atoms with Gasteiger partial charge in [0.1, 0.15) is 11.9 Å². The van der Waals surface area contributed by atoms with E-state index in [1.165, 1.54) is 24.3 Å². The maximum atomic E-state index is 13.2. The molecule has 0 bridgehead atoms. The summed E-state index contributed by atoms with van der Waals surface area (Å²) in [6, 6.07) is 3.83. The highest BCUT2D eigenvalue weighted by atomic mass is 19.4. The van der Waals surface area contributed by atoms with Gasteiger partial charge in [-0.1, -0.05) is 12.1 Å². The molecule has 1 saturated heterocycles. The molecule has 2 fully saturated rings. The second kappa shape index (κ2) is 5.25. The van der Waals surface area contributed by atoms with Gasteiger partial charge < -0.3 is 4.90 Å². The van der Waals surface area contributed by atoms with Crippen molar-refractivity contribution in [3.8, 4) is 0 Å². The Morgan fingerprint density at radius 3 is 2.32 bits per heavy atom. The summed E-state index contributed by atoms with van der Waals surface area (Å²) in [6.45, 7) is 0.145. The van der Waals surface area contributed by atoms with Crippen LogP contribution in [0.1, 0.15) is 37.7 Å². The van der Waals surface area contributed by atoms with Crippen molar-refractivity contribution < 1.29 is 22.4 Å². The Balaban J connectivity index is 1.87. The van der Waals surface area contributed by atoms with Gasteiger partial charge in [0.05, 0.1) is 5.41 Å². The number of carbonyl (C=O) groups is 1. The van der Waals surface area contributed by atoms with Crippen LogP contribution in [0.15, 0.2) is 24.3 Å². The number of alkyl halides is 3. The second-order valence-corrected chi connectivity index (χ2v) is 6.14. The highest BCUT2D eigenvalue weighted by Crippen LogP contribution is 2.51. The van der Waals surface area contributed by atoms with Crippen LogP contribution in [0.5, 0.6) is 0 Å². The van der Waals surface area contributed by atoms with E-state index in [-0.39, 0.29) is 13.0 Å². The molecule has 0 spiro atoms. The van der Waals surface area contributed by atoms with Crippen molar-refractivity contribution >= 4 is 5.91 Å². The van der Waals surface area contributed by atoms with Crippen LogP contribution >= 0.6 is 0 Å². The van der Waals surface area contributed by atoms with Crippen LogP contribution in [0.2, 0.25) is 0 Å². The number of amides is 1. The highest BCUT2D eigenvalue weighted by Gasteiger charge is 2.57. The van der Waals surface area contributed by atoms with E-state index in [0.717, 1.165) is 4.90 Å². The predicted molar refractivity (Wildman–Crippen MR) is 72.7 cm³/mol. The Hall–Kier alpha value is -1.59. The number of benzene rings is 1. The zero-order valence-electron chi connectivity index (χ0n) is 12.0. The first-order chi connectivity index (χ1) is 10.3. The Bertz CT molecular complexity index is 563. The fraction of sp³-hybridized carbons (Fsp3) is 0.562. The normalized spacial score (nSPS) is 24.2. The minimum atomic E-state index is -4.39. The average Bonchev–Trinajstić information content (AvgIpc) is 3.28. The highest BCUT2D eigenvalue weighted by molar-refractivity contribution is 5.91. The van der Waals surface area contributed by atoms with E-state index in [9.17, 15) is 22.4 Å². The lowest BCUT2D eigenvalue weighted by Crippen LogP contribution is -2.54. The van der Waals surface area contributed by atoms with Gasteiger partial charge in [0.15, 0.2) is 0 Å². The van der Waals surface area contributed by atoms with Crippen molar-refractivity contribution in [3.63, 3.8) is 0 Å². The van der Waals surface area contributed by atoms with Crippen LogP contribution < -0.4 is 0 Å². The van der Waals surface area contributed by atoms with Gasteiger partial charge in [0.25, 0.3) is 0 Å². The second-order valence-electron chi connectivity index (χ2n) is 6.14. The van der Waals surface area contributed by atoms with Gasteiger partial charge in [-0.05, 0) is 49.8 Å². The molecule has 1 amide bonds. The maximum Gasteiger partial charge on any atom is 0.408 e. The number of piperidine rings is 1. The van der Waals surface area contributed by atoms with E-state index in [0.29, 0.717) is 31.2 Å². The van der Waals surface area contributed by atoms with E-state index in [4.69, 9.17) is 0 Å². The molecule has 0 N–H and O–H groups in total. The van der Waals surface area contributed by atoms with Gasteiger partial charge in [0, 0.05) is 6.54 Å². The van der Waals surface area contributed by atoms with E-state index < -0.39 is 29.4 Å². The molecule has 0 aromatic heterocycles. The quantitative estimate of drug-likeness (QED) is 0.760. The molecule has 1 aliphatic carbocycles. The van der Waals surface area contributed by atoms with Crippen LogP contribution in [-0.2, 0) is 10.2 Å². The molecule has 1 aromatic rings.